The van der Waals surface area contributed by atoms with Crippen LogP contribution in [-0.4, -0.2) is 27.7 Å². The topological polar surface area (TPSA) is 42.2 Å². The smallest absolute Gasteiger partial charge is 0.0758 e. The van der Waals surface area contributed by atoms with Crippen molar-refractivity contribution >= 4 is 17.1 Å². The fourth-order valence-corrected chi connectivity index (χ4v) is 3.32. The van der Waals surface area contributed by atoms with Gasteiger partial charge in [0, 0.05) is 34.9 Å². The third-order valence-corrected chi connectivity index (χ3v) is 4.45. The first kappa shape index (κ1) is 13.7. The highest BCUT2D eigenvalue weighted by Crippen LogP contribution is 2.30. The monoisotopic (exact) mass is 312 g/mol. The van der Waals surface area contributed by atoms with Crippen LogP contribution in [0.15, 0.2) is 42.7 Å². The van der Waals surface area contributed by atoms with Gasteiger partial charge in [0.05, 0.1) is 17.4 Å². The molecule has 4 rings (SSSR count). The summed E-state index contributed by atoms with van der Waals surface area (Å²) in [5.74, 6) is 0.438. The second kappa shape index (κ2) is 5.71. The average molecular weight is 313 g/mol. The van der Waals surface area contributed by atoms with E-state index in [0.717, 1.165) is 47.0 Å². The zero-order chi connectivity index (χ0) is 14.9. The molecule has 0 amide bonds. The quantitative estimate of drug-likeness (QED) is 0.787. The number of nitrogens with one attached hydrogen (secondary N) is 1. The number of nitrogens with zero attached hydrogens (tertiary/aromatic N) is 3. The summed E-state index contributed by atoms with van der Waals surface area (Å²) >= 11 is 6.35. The molecule has 3 aromatic heterocycles. The van der Waals surface area contributed by atoms with Crippen LogP contribution in [0.25, 0.3) is 16.8 Å². The van der Waals surface area contributed by atoms with E-state index in [1.807, 2.05) is 47.2 Å². The number of piperidine rings is 1. The Morgan fingerprint density at radius 1 is 1.27 bits per heavy atom. The highest BCUT2D eigenvalue weighted by atomic mass is 35.5. The molecule has 0 radical (unpaired) electrons. The number of aromatic nitrogens is 3. The largest absolute Gasteiger partial charge is 0.316 e. The Morgan fingerprint density at radius 2 is 2.23 bits per heavy atom. The molecule has 4 nitrogen and oxygen atoms in total. The molecule has 112 valence electrons. The molecule has 1 saturated heterocycles. The van der Waals surface area contributed by atoms with Crippen molar-refractivity contribution in [3.8, 4) is 11.3 Å². The van der Waals surface area contributed by atoms with Crippen LogP contribution in [-0.2, 0) is 0 Å². The molecular weight excluding hydrogens is 296 g/mol. The molecule has 4 heterocycles. The predicted octanol–water partition coefficient (Wildman–Crippen LogP) is 3.52. The van der Waals surface area contributed by atoms with E-state index in [9.17, 15) is 0 Å². The summed E-state index contributed by atoms with van der Waals surface area (Å²) < 4.78 is 1.86. The molecule has 1 atom stereocenters. The van der Waals surface area contributed by atoms with Crippen molar-refractivity contribution in [2.75, 3.05) is 13.1 Å². The van der Waals surface area contributed by atoms with Crippen LogP contribution in [0.2, 0.25) is 5.02 Å². The molecule has 0 aromatic carbocycles. The summed E-state index contributed by atoms with van der Waals surface area (Å²) in [5, 5.41) is 8.56. The van der Waals surface area contributed by atoms with Crippen LogP contribution < -0.4 is 5.32 Å². The van der Waals surface area contributed by atoms with E-state index < -0.39 is 0 Å². The van der Waals surface area contributed by atoms with Crippen molar-refractivity contribution in [2.45, 2.75) is 18.8 Å². The lowest BCUT2D eigenvalue weighted by Crippen LogP contribution is -2.28. The van der Waals surface area contributed by atoms with E-state index in [-0.39, 0.29) is 0 Å². The lowest BCUT2D eigenvalue weighted by molar-refractivity contribution is 0.455. The van der Waals surface area contributed by atoms with E-state index in [2.05, 4.69) is 10.4 Å². The van der Waals surface area contributed by atoms with Crippen LogP contribution in [0, 0.1) is 0 Å². The molecular formula is C17H17ClN4. The Kier molecular flexibility index (Phi) is 3.56. The zero-order valence-electron chi connectivity index (χ0n) is 12.2. The molecule has 1 fully saturated rings. The van der Waals surface area contributed by atoms with Crippen LogP contribution in [0.4, 0.5) is 0 Å². The Morgan fingerprint density at radius 3 is 3.09 bits per heavy atom. The molecule has 0 spiro atoms. The third-order valence-electron chi connectivity index (χ3n) is 4.23. The normalized spacial score (nSPS) is 18.7. The minimum absolute atomic E-state index is 0.438. The van der Waals surface area contributed by atoms with Crippen molar-refractivity contribution in [2.24, 2.45) is 0 Å². The second-order valence-corrected chi connectivity index (χ2v) is 6.16. The number of hydrogen-bond donors (Lipinski definition) is 1. The van der Waals surface area contributed by atoms with Crippen LogP contribution in [0.3, 0.4) is 0 Å². The second-order valence-electron chi connectivity index (χ2n) is 5.73. The van der Waals surface area contributed by atoms with Crippen molar-refractivity contribution in [3.63, 3.8) is 0 Å². The Labute approximate surface area is 134 Å². The highest BCUT2D eigenvalue weighted by molar-refractivity contribution is 6.30. The molecule has 0 bridgehead atoms. The maximum atomic E-state index is 6.35. The van der Waals surface area contributed by atoms with E-state index in [0.29, 0.717) is 5.92 Å². The zero-order valence-corrected chi connectivity index (χ0v) is 12.9. The number of fused-ring (bicyclic) bond motifs is 1. The van der Waals surface area contributed by atoms with Gasteiger partial charge in [-0.1, -0.05) is 17.7 Å². The molecule has 0 aliphatic carbocycles. The predicted molar refractivity (Wildman–Crippen MR) is 88.3 cm³/mol. The van der Waals surface area contributed by atoms with E-state index in [4.69, 9.17) is 16.6 Å². The van der Waals surface area contributed by atoms with Gasteiger partial charge in [0.2, 0.25) is 0 Å². The summed E-state index contributed by atoms with van der Waals surface area (Å²) in [6.45, 7) is 2.07. The van der Waals surface area contributed by atoms with Crippen molar-refractivity contribution in [1.29, 1.82) is 0 Å². The fourth-order valence-electron chi connectivity index (χ4n) is 3.10. The van der Waals surface area contributed by atoms with Crippen molar-refractivity contribution in [1.82, 2.24) is 19.9 Å². The van der Waals surface area contributed by atoms with Gasteiger partial charge in [0.15, 0.2) is 0 Å². The summed E-state index contributed by atoms with van der Waals surface area (Å²) in [4.78, 5) is 4.87. The van der Waals surface area contributed by atoms with Gasteiger partial charge in [-0.3, -0.25) is 4.98 Å². The van der Waals surface area contributed by atoms with Gasteiger partial charge in [-0.2, -0.15) is 5.10 Å². The van der Waals surface area contributed by atoms with E-state index >= 15 is 0 Å². The van der Waals surface area contributed by atoms with Gasteiger partial charge >= 0.3 is 0 Å². The van der Waals surface area contributed by atoms with Crippen LogP contribution >= 0.6 is 11.6 Å². The average Bonchev–Trinajstić information content (AvgIpc) is 2.99. The molecule has 22 heavy (non-hydrogen) atoms. The van der Waals surface area contributed by atoms with Gasteiger partial charge in [0.25, 0.3) is 0 Å². The first-order valence-electron chi connectivity index (χ1n) is 7.62. The maximum Gasteiger partial charge on any atom is 0.0758 e. The Balaban J connectivity index is 1.80. The molecule has 5 heteroatoms. The Hall–Kier alpha value is -1.91. The van der Waals surface area contributed by atoms with Gasteiger partial charge in [-0.25, -0.2) is 4.52 Å². The standard InChI is InChI=1S/C17H17ClN4/c18-13-8-15(12-4-3-6-19-10-12)21-16(9-13)14-11-20-22-7-2-1-5-17(14)22/h1-2,5,7-9,11-12,19H,3-4,6,10H2. The van der Waals surface area contributed by atoms with E-state index in [1.54, 1.807) is 0 Å². The highest BCUT2D eigenvalue weighted by Gasteiger charge is 2.18. The Bertz CT molecular complexity index is 805. The first-order chi connectivity index (χ1) is 10.8. The molecule has 3 aromatic rings. The SMILES string of the molecule is Clc1cc(-c2cnn3ccccc23)nc(C2CCCNC2)c1. The minimum atomic E-state index is 0.438. The number of halogens is 1. The molecule has 1 aliphatic heterocycles. The number of rotatable bonds is 2. The van der Waals surface area contributed by atoms with Crippen molar-refractivity contribution in [3.05, 3.63) is 53.4 Å². The molecule has 1 N–H and O–H groups in total. The van der Waals surface area contributed by atoms with Gasteiger partial charge < -0.3 is 5.32 Å². The van der Waals surface area contributed by atoms with Gasteiger partial charge in [-0.15, -0.1) is 0 Å². The lowest BCUT2D eigenvalue weighted by atomic mass is 9.95. The summed E-state index contributed by atoms with van der Waals surface area (Å²) in [6, 6.07) is 9.94. The molecule has 0 saturated carbocycles. The van der Waals surface area contributed by atoms with E-state index in [1.165, 1.54) is 6.42 Å². The first-order valence-corrected chi connectivity index (χ1v) is 8.00. The molecule has 1 unspecified atom stereocenters. The lowest BCUT2D eigenvalue weighted by Gasteiger charge is -2.22. The number of pyridine rings is 2. The van der Waals surface area contributed by atoms with Gasteiger partial charge in [-0.05, 0) is 43.7 Å². The number of hydrogen-bond acceptors (Lipinski definition) is 3. The third kappa shape index (κ3) is 2.49. The minimum Gasteiger partial charge on any atom is -0.316 e. The van der Waals surface area contributed by atoms with Crippen molar-refractivity contribution < 1.29 is 0 Å². The fraction of sp³-hybridized carbons (Fsp3) is 0.294. The summed E-state index contributed by atoms with van der Waals surface area (Å²) in [6.07, 6.45) is 6.14. The summed E-state index contributed by atoms with van der Waals surface area (Å²) in [7, 11) is 0. The maximum absolute atomic E-state index is 6.35. The van der Waals surface area contributed by atoms with Crippen LogP contribution in [0.5, 0.6) is 0 Å². The summed E-state index contributed by atoms with van der Waals surface area (Å²) in [5.41, 5.74) is 4.04. The molecule has 1 aliphatic rings. The van der Waals surface area contributed by atoms with Gasteiger partial charge in [0.1, 0.15) is 0 Å². The van der Waals surface area contributed by atoms with Crippen LogP contribution in [0.1, 0.15) is 24.5 Å².